The second kappa shape index (κ2) is 5.19. The van der Waals surface area contributed by atoms with E-state index in [0.29, 0.717) is 12.6 Å². The van der Waals surface area contributed by atoms with Crippen molar-refractivity contribution in [3.8, 4) is 11.5 Å². The molecule has 3 rings (SSSR count). The number of hydrogen-bond donors (Lipinski definition) is 1. The normalized spacial score (nSPS) is 24.4. The molecule has 3 heteroatoms. The van der Waals surface area contributed by atoms with Crippen LogP contribution in [0.2, 0.25) is 0 Å². The van der Waals surface area contributed by atoms with Gasteiger partial charge in [0.05, 0.1) is 6.04 Å². The third-order valence-corrected chi connectivity index (χ3v) is 4.03. The Hall–Kier alpha value is -1.22. The van der Waals surface area contributed by atoms with E-state index in [2.05, 4.69) is 12.2 Å². The molecule has 2 unspecified atom stereocenters. The molecule has 1 aromatic rings. The largest absolute Gasteiger partial charge is 0.486 e. The van der Waals surface area contributed by atoms with Gasteiger partial charge in [0.1, 0.15) is 12.7 Å². The highest BCUT2D eigenvalue weighted by molar-refractivity contribution is 5.40. The molecule has 1 heterocycles. The van der Waals surface area contributed by atoms with Gasteiger partial charge in [-0.25, -0.2) is 0 Å². The second-order valence-corrected chi connectivity index (χ2v) is 5.19. The molecule has 1 fully saturated rings. The van der Waals surface area contributed by atoms with Gasteiger partial charge in [0, 0.05) is 0 Å². The molecule has 18 heavy (non-hydrogen) atoms. The second-order valence-electron chi connectivity index (χ2n) is 5.19. The number of benzene rings is 1. The van der Waals surface area contributed by atoms with E-state index in [1.165, 1.54) is 19.3 Å². The van der Waals surface area contributed by atoms with Crippen LogP contribution in [0, 0.1) is 5.92 Å². The maximum atomic E-state index is 6.12. The van der Waals surface area contributed by atoms with Gasteiger partial charge < -0.3 is 14.8 Å². The Morgan fingerprint density at radius 2 is 2.06 bits per heavy atom. The van der Waals surface area contributed by atoms with Gasteiger partial charge in [-0.1, -0.05) is 25.5 Å². The van der Waals surface area contributed by atoms with Crippen molar-refractivity contribution in [2.75, 3.05) is 13.2 Å². The summed E-state index contributed by atoms with van der Waals surface area (Å²) in [6.07, 6.45) is 4.14. The third kappa shape index (κ3) is 2.19. The number of ether oxygens (including phenoxy) is 2. The number of likely N-dealkylation sites (N-methyl/N-ethyl adjacent to an activating group) is 1. The van der Waals surface area contributed by atoms with Crippen LogP contribution in [0.4, 0.5) is 0 Å². The topological polar surface area (TPSA) is 30.5 Å². The highest BCUT2D eigenvalue weighted by atomic mass is 16.6. The SMILES string of the molecule is CCNC(C1CCC1)C1COc2ccccc2O1. The molecule has 0 amide bonds. The monoisotopic (exact) mass is 247 g/mol. The van der Waals surface area contributed by atoms with E-state index in [0.717, 1.165) is 24.0 Å². The summed E-state index contributed by atoms with van der Waals surface area (Å²) in [7, 11) is 0. The van der Waals surface area contributed by atoms with E-state index < -0.39 is 0 Å². The van der Waals surface area contributed by atoms with Gasteiger partial charge in [-0.15, -0.1) is 0 Å². The van der Waals surface area contributed by atoms with E-state index in [1.54, 1.807) is 0 Å². The smallest absolute Gasteiger partial charge is 0.161 e. The molecular weight excluding hydrogens is 226 g/mol. The van der Waals surface area contributed by atoms with Crippen LogP contribution in [0.1, 0.15) is 26.2 Å². The van der Waals surface area contributed by atoms with Crippen molar-refractivity contribution in [2.24, 2.45) is 5.92 Å². The number of nitrogens with one attached hydrogen (secondary N) is 1. The summed E-state index contributed by atoms with van der Waals surface area (Å²) >= 11 is 0. The molecule has 0 bridgehead atoms. The fraction of sp³-hybridized carbons (Fsp3) is 0.600. The van der Waals surface area contributed by atoms with Gasteiger partial charge in [-0.05, 0) is 37.4 Å². The van der Waals surface area contributed by atoms with Crippen LogP contribution in [0.25, 0.3) is 0 Å². The molecule has 1 N–H and O–H groups in total. The fourth-order valence-corrected chi connectivity index (χ4v) is 2.85. The first kappa shape index (κ1) is 11.8. The first-order valence-corrected chi connectivity index (χ1v) is 7.00. The predicted octanol–water partition coefficient (Wildman–Crippen LogP) is 2.60. The van der Waals surface area contributed by atoms with Crippen LogP contribution in [0.15, 0.2) is 24.3 Å². The minimum Gasteiger partial charge on any atom is -0.486 e. The number of rotatable bonds is 4. The van der Waals surface area contributed by atoms with Crippen LogP contribution in [0.5, 0.6) is 11.5 Å². The highest BCUT2D eigenvalue weighted by Crippen LogP contribution is 2.36. The van der Waals surface area contributed by atoms with Crippen LogP contribution < -0.4 is 14.8 Å². The number of hydrogen-bond acceptors (Lipinski definition) is 3. The van der Waals surface area contributed by atoms with Crippen LogP contribution in [-0.2, 0) is 0 Å². The lowest BCUT2D eigenvalue weighted by Crippen LogP contribution is -2.53. The van der Waals surface area contributed by atoms with Crippen molar-refractivity contribution < 1.29 is 9.47 Å². The van der Waals surface area contributed by atoms with Gasteiger partial charge >= 0.3 is 0 Å². The summed E-state index contributed by atoms with van der Waals surface area (Å²) in [5, 5.41) is 3.58. The Morgan fingerprint density at radius 3 is 2.72 bits per heavy atom. The molecular formula is C15H21NO2. The molecule has 1 saturated carbocycles. The van der Waals surface area contributed by atoms with Crippen molar-refractivity contribution >= 4 is 0 Å². The highest BCUT2D eigenvalue weighted by Gasteiger charge is 2.36. The van der Waals surface area contributed by atoms with E-state index in [9.17, 15) is 0 Å². The molecule has 98 valence electrons. The summed E-state index contributed by atoms with van der Waals surface area (Å²) in [6, 6.07) is 8.37. The van der Waals surface area contributed by atoms with Crippen LogP contribution in [-0.4, -0.2) is 25.3 Å². The van der Waals surface area contributed by atoms with Crippen molar-refractivity contribution in [1.82, 2.24) is 5.32 Å². The van der Waals surface area contributed by atoms with Crippen molar-refractivity contribution in [3.63, 3.8) is 0 Å². The molecule has 1 aromatic carbocycles. The average molecular weight is 247 g/mol. The summed E-state index contributed by atoms with van der Waals surface area (Å²) in [5.74, 6) is 2.51. The molecule has 3 nitrogen and oxygen atoms in total. The lowest BCUT2D eigenvalue weighted by atomic mass is 9.77. The maximum absolute atomic E-state index is 6.12. The molecule has 1 aliphatic carbocycles. The maximum Gasteiger partial charge on any atom is 0.161 e. The zero-order chi connectivity index (χ0) is 12.4. The Bertz CT molecular complexity index is 403. The number of fused-ring (bicyclic) bond motifs is 1. The molecule has 0 spiro atoms. The van der Waals surface area contributed by atoms with Gasteiger partial charge in [0.2, 0.25) is 0 Å². The average Bonchev–Trinajstić information content (AvgIpc) is 2.35. The Labute approximate surface area is 108 Å². The number of para-hydroxylation sites is 2. The van der Waals surface area contributed by atoms with E-state index in [1.807, 2.05) is 24.3 Å². The van der Waals surface area contributed by atoms with Gasteiger partial charge in [-0.2, -0.15) is 0 Å². The minimum atomic E-state index is 0.144. The van der Waals surface area contributed by atoms with Crippen molar-refractivity contribution in [2.45, 2.75) is 38.3 Å². The summed E-state index contributed by atoms with van der Waals surface area (Å²) in [6.45, 7) is 3.80. The lowest BCUT2D eigenvalue weighted by Gasteiger charge is -2.40. The van der Waals surface area contributed by atoms with Gasteiger partial charge in [-0.3, -0.25) is 0 Å². The summed E-state index contributed by atoms with van der Waals surface area (Å²) in [5.41, 5.74) is 0. The zero-order valence-electron chi connectivity index (χ0n) is 10.9. The lowest BCUT2D eigenvalue weighted by molar-refractivity contribution is 0.0288. The Morgan fingerprint density at radius 1 is 1.28 bits per heavy atom. The Balaban J connectivity index is 1.72. The van der Waals surface area contributed by atoms with Crippen LogP contribution in [0.3, 0.4) is 0 Å². The summed E-state index contributed by atoms with van der Waals surface area (Å²) in [4.78, 5) is 0. The van der Waals surface area contributed by atoms with Gasteiger partial charge in [0.15, 0.2) is 11.5 Å². The van der Waals surface area contributed by atoms with Crippen molar-refractivity contribution in [3.05, 3.63) is 24.3 Å². The quantitative estimate of drug-likeness (QED) is 0.887. The summed E-state index contributed by atoms with van der Waals surface area (Å²) < 4.78 is 11.9. The van der Waals surface area contributed by atoms with Gasteiger partial charge in [0.25, 0.3) is 0 Å². The molecule has 0 aromatic heterocycles. The standard InChI is InChI=1S/C15H21NO2/c1-2-16-15(11-6-5-7-11)14-10-17-12-8-3-4-9-13(12)18-14/h3-4,8-9,11,14-16H,2,5-7,10H2,1H3. The molecule has 2 atom stereocenters. The molecule has 0 radical (unpaired) electrons. The zero-order valence-corrected chi connectivity index (χ0v) is 10.9. The fourth-order valence-electron chi connectivity index (χ4n) is 2.85. The first-order valence-electron chi connectivity index (χ1n) is 7.00. The third-order valence-electron chi connectivity index (χ3n) is 4.03. The first-order chi connectivity index (χ1) is 8.88. The molecule has 1 aliphatic heterocycles. The van der Waals surface area contributed by atoms with E-state index in [-0.39, 0.29) is 6.10 Å². The predicted molar refractivity (Wildman–Crippen MR) is 71.2 cm³/mol. The van der Waals surface area contributed by atoms with Crippen LogP contribution >= 0.6 is 0 Å². The molecule has 2 aliphatic rings. The van der Waals surface area contributed by atoms with E-state index in [4.69, 9.17) is 9.47 Å². The minimum absolute atomic E-state index is 0.144. The van der Waals surface area contributed by atoms with E-state index >= 15 is 0 Å². The molecule has 0 saturated heterocycles. The Kier molecular flexibility index (Phi) is 3.41. The van der Waals surface area contributed by atoms with Crippen molar-refractivity contribution in [1.29, 1.82) is 0 Å².